The van der Waals surface area contributed by atoms with E-state index in [1.54, 1.807) is 6.92 Å². The summed E-state index contributed by atoms with van der Waals surface area (Å²) in [7, 11) is 0. The number of fused-ring (bicyclic) bond motifs is 1. The van der Waals surface area contributed by atoms with Crippen LogP contribution in [-0.4, -0.2) is 59.5 Å². The van der Waals surface area contributed by atoms with Crippen molar-refractivity contribution in [3.8, 4) is 0 Å². The predicted octanol–water partition coefficient (Wildman–Crippen LogP) is 3.43. The van der Waals surface area contributed by atoms with E-state index in [4.69, 9.17) is 9.72 Å². The Labute approximate surface area is 177 Å². The Bertz CT molecular complexity index is 910. The molecule has 1 saturated heterocycles. The molecule has 1 aliphatic carbocycles. The van der Waals surface area contributed by atoms with Gasteiger partial charge in [0.1, 0.15) is 0 Å². The van der Waals surface area contributed by atoms with Gasteiger partial charge in [0, 0.05) is 32.1 Å². The van der Waals surface area contributed by atoms with Crippen molar-refractivity contribution in [2.75, 3.05) is 37.7 Å². The molecule has 0 bridgehead atoms. The lowest BCUT2D eigenvalue weighted by Crippen LogP contribution is -2.39. The predicted molar refractivity (Wildman–Crippen MR) is 115 cm³/mol. The molecule has 30 heavy (non-hydrogen) atoms. The molecule has 2 aromatic rings. The Kier molecular flexibility index (Phi) is 6.45. The molecule has 7 nitrogen and oxygen atoms in total. The molecule has 1 saturated carbocycles. The molecule has 160 valence electrons. The van der Waals surface area contributed by atoms with Crippen LogP contribution in [-0.2, 0) is 9.53 Å². The number of benzene rings is 1. The Morgan fingerprint density at radius 2 is 1.70 bits per heavy atom. The molecule has 2 heterocycles. The van der Waals surface area contributed by atoms with Gasteiger partial charge in [-0.15, -0.1) is 0 Å². The normalized spacial score (nSPS) is 18.3. The third-order valence-electron chi connectivity index (χ3n) is 6.08. The van der Waals surface area contributed by atoms with Gasteiger partial charge >= 0.3 is 5.97 Å². The zero-order chi connectivity index (χ0) is 20.9. The van der Waals surface area contributed by atoms with Crippen LogP contribution >= 0.6 is 0 Å². The van der Waals surface area contributed by atoms with Crippen LogP contribution in [0.5, 0.6) is 0 Å². The number of ether oxygens (including phenoxy) is 1. The molecule has 7 heteroatoms. The maximum absolute atomic E-state index is 13.0. The highest BCUT2D eigenvalue weighted by molar-refractivity contribution is 5.95. The fourth-order valence-corrected chi connectivity index (χ4v) is 4.50. The molecule has 2 aliphatic rings. The van der Waals surface area contributed by atoms with Crippen LogP contribution in [0, 0.1) is 5.92 Å². The molecule has 0 N–H and O–H groups in total. The van der Waals surface area contributed by atoms with Crippen LogP contribution in [0.3, 0.4) is 0 Å². The van der Waals surface area contributed by atoms with E-state index >= 15 is 0 Å². The molecule has 1 aliphatic heterocycles. The second-order valence-corrected chi connectivity index (χ2v) is 8.11. The van der Waals surface area contributed by atoms with Gasteiger partial charge in [0.25, 0.3) is 0 Å². The van der Waals surface area contributed by atoms with Gasteiger partial charge in [-0.25, -0.2) is 14.8 Å². The standard InChI is InChI=1S/C23H30N4O3/c1-2-30-23(29)20-21(25-19-12-7-6-11-18(19)24-20)26-13-8-14-27(16-15-26)22(28)17-9-4-3-5-10-17/h6-7,11-12,17H,2-5,8-10,13-16H2,1H3. The van der Waals surface area contributed by atoms with Crippen LogP contribution in [0.4, 0.5) is 5.82 Å². The van der Waals surface area contributed by atoms with Gasteiger partial charge in [0.15, 0.2) is 11.5 Å². The van der Waals surface area contributed by atoms with Crippen LogP contribution < -0.4 is 4.90 Å². The van der Waals surface area contributed by atoms with Crippen LogP contribution in [0.2, 0.25) is 0 Å². The molecule has 1 amide bonds. The summed E-state index contributed by atoms with van der Waals surface area (Å²) in [5.74, 6) is 0.580. The largest absolute Gasteiger partial charge is 0.461 e. The van der Waals surface area contributed by atoms with Crippen molar-refractivity contribution in [2.24, 2.45) is 5.92 Å². The minimum Gasteiger partial charge on any atom is -0.461 e. The van der Waals surface area contributed by atoms with Crippen molar-refractivity contribution in [1.82, 2.24) is 14.9 Å². The fraction of sp³-hybridized carbons (Fsp3) is 0.565. The van der Waals surface area contributed by atoms with Crippen molar-refractivity contribution >= 4 is 28.7 Å². The number of aromatic nitrogens is 2. The zero-order valence-corrected chi connectivity index (χ0v) is 17.7. The first kappa shape index (κ1) is 20.6. The number of esters is 1. The Hall–Kier alpha value is -2.70. The Balaban J connectivity index is 1.56. The minimum atomic E-state index is -0.454. The first-order valence-electron chi connectivity index (χ1n) is 11.1. The molecular formula is C23H30N4O3. The van der Waals surface area contributed by atoms with Crippen molar-refractivity contribution in [1.29, 1.82) is 0 Å². The highest BCUT2D eigenvalue weighted by atomic mass is 16.5. The van der Waals surface area contributed by atoms with Gasteiger partial charge in [0.05, 0.1) is 17.6 Å². The van der Waals surface area contributed by atoms with E-state index in [1.807, 2.05) is 29.2 Å². The van der Waals surface area contributed by atoms with Gasteiger partial charge in [-0.1, -0.05) is 31.4 Å². The first-order valence-corrected chi connectivity index (χ1v) is 11.1. The highest BCUT2D eigenvalue weighted by Crippen LogP contribution is 2.27. The molecule has 1 aromatic carbocycles. The summed E-state index contributed by atoms with van der Waals surface area (Å²) in [4.78, 5) is 39.0. The van der Waals surface area contributed by atoms with Gasteiger partial charge in [0.2, 0.25) is 5.91 Å². The lowest BCUT2D eigenvalue weighted by Gasteiger charge is -2.28. The van der Waals surface area contributed by atoms with E-state index in [1.165, 1.54) is 6.42 Å². The van der Waals surface area contributed by atoms with E-state index in [0.29, 0.717) is 30.3 Å². The minimum absolute atomic E-state index is 0.181. The third kappa shape index (κ3) is 4.40. The van der Waals surface area contributed by atoms with E-state index < -0.39 is 5.97 Å². The number of nitrogens with zero attached hydrogens (tertiary/aromatic N) is 4. The van der Waals surface area contributed by atoms with Crippen LogP contribution in [0.25, 0.3) is 11.0 Å². The lowest BCUT2D eigenvalue weighted by atomic mass is 9.88. The fourth-order valence-electron chi connectivity index (χ4n) is 4.50. The summed E-state index contributed by atoms with van der Waals surface area (Å²) in [5, 5.41) is 0. The smallest absolute Gasteiger partial charge is 0.360 e. The van der Waals surface area contributed by atoms with E-state index in [0.717, 1.165) is 50.7 Å². The first-order chi connectivity index (χ1) is 14.7. The van der Waals surface area contributed by atoms with Crippen molar-refractivity contribution in [2.45, 2.75) is 45.4 Å². The molecule has 0 spiro atoms. The molecular weight excluding hydrogens is 380 g/mol. The second kappa shape index (κ2) is 9.41. The monoisotopic (exact) mass is 410 g/mol. The number of carbonyl (C=O) groups is 2. The average Bonchev–Trinajstić information content (AvgIpc) is 3.05. The number of hydrogen-bond donors (Lipinski definition) is 0. The van der Waals surface area contributed by atoms with Crippen molar-refractivity contribution in [3.63, 3.8) is 0 Å². The Morgan fingerprint density at radius 1 is 0.967 bits per heavy atom. The summed E-state index contributed by atoms with van der Waals surface area (Å²) >= 11 is 0. The van der Waals surface area contributed by atoms with Crippen molar-refractivity contribution < 1.29 is 14.3 Å². The SMILES string of the molecule is CCOC(=O)c1nc2ccccc2nc1N1CCCN(C(=O)C2CCCCC2)CC1. The molecule has 4 rings (SSSR count). The average molecular weight is 411 g/mol. The van der Waals surface area contributed by atoms with Gasteiger partial charge in [-0.05, 0) is 38.3 Å². The summed E-state index contributed by atoms with van der Waals surface area (Å²) in [6, 6.07) is 7.55. The number of anilines is 1. The highest BCUT2D eigenvalue weighted by Gasteiger charge is 2.29. The van der Waals surface area contributed by atoms with Gasteiger partial charge in [-0.2, -0.15) is 0 Å². The number of hydrogen-bond acceptors (Lipinski definition) is 6. The molecule has 0 unspecified atom stereocenters. The topological polar surface area (TPSA) is 75.6 Å². The maximum Gasteiger partial charge on any atom is 0.360 e. The van der Waals surface area contributed by atoms with Crippen LogP contribution in [0.15, 0.2) is 24.3 Å². The quantitative estimate of drug-likeness (QED) is 0.719. The van der Waals surface area contributed by atoms with E-state index in [-0.39, 0.29) is 18.2 Å². The summed E-state index contributed by atoms with van der Waals surface area (Å²) < 4.78 is 5.25. The zero-order valence-electron chi connectivity index (χ0n) is 17.7. The summed E-state index contributed by atoms with van der Waals surface area (Å²) in [5.41, 5.74) is 1.68. The van der Waals surface area contributed by atoms with Crippen molar-refractivity contribution in [3.05, 3.63) is 30.0 Å². The number of para-hydroxylation sites is 2. The lowest BCUT2D eigenvalue weighted by molar-refractivity contribution is -0.136. The maximum atomic E-state index is 13.0. The number of amides is 1. The van der Waals surface area contributed by atoms with Gasteiger partial charge in [-0.3, -0.25) is 4.79 Å². The molecule has 0 atom stereocenters. The molecule has 2 fully saturated rings. The summed E-state index contributed by atoms with van der Waals surface area (Å²) in [6.07, 6.45) is 6.44. The van der Waals surface area contributed by atoms with E-state index in [9.17, 15) is 9.59 Å². The second-order valence-electron chi connectivity index (χ2n) is 8.11. The molecule has 0 radical (unpaired) electrons. The van der Waals surface area contributed by atoms with Crippen LogP contribution in [0.1, 0.15) is 55.9 Å². The number of rotatable bonds is 4. The molecule has 1 aromatic heterocycles. The summed E-state index contributed by atoms with van der Waals surface area (Å²) in [6.45, 7) is 4.84. The Morgan fingerprint density at radius 3 is 2.43 bits per heavy atom. The van der Waals surface area contributed by atoms with Gasteiger partial charge < -0.3 is 14.5 Å². The van der Waals surface area contributed by atoms with E-state index in [2.05, 4.69) is 9.88 Å². The third-order valence-corrected chi connectivity index (χ3v) is 6.08. The number of carbonyl (C=O) groups excluding carboxylic acids is 2.